The molecule has 0 radical (unpaired) electrons. The number of benzene rings is 20. The molecule has 0 fully saturated rings. The topological polar surface area (TPSA) is 50.9 Å². The number of nitrogens with zero attached hydrogens (tertiary/aromatic N) is 3. The minimum Gasteiger partial charge on any atom is -0.356 e. The summed E-state index contributed by atoms with van der Waals surface area (Å²) in [6.45, 7) is 0. The van der Waals surface area contributed by atoms with E-state index >= 15 is 0 Å². The van der Waals surface area contributed by atoms with E-state index in [1.165, 1.54) is 154 Å². The third-order valence-corrected chi connectivity index (χ3v) is 23.5. The van der Waals surface area contributed by atoms with Gasteiger partial charge in [-0.15, -0.1) is 0 Å². The maximum atomic E-state index is 3.71. The Labute approximate surface area is 709 Å². The summed E-state index contributed by atoms with van der Waals surface area (Å²) in [5.41, 5.74) is 31.8. The van der Waals surface area contributed by atoms with Gasteiger partial charge in [0.05, 0.1) is 33.1 Å². The van der Waals surface area contributed by atoms with E-state index in [0.29, 0.717) is 0 Å². The lowest BCUT2D eigenvalue weighted by molar-refractivity contribution is 1.18. The van der Waals surface area contributed by atoms with Gasteiger partial charge in [0.25, 0.3) is 0 Å². The van der Waals surface area contributed by atoms with Gasteiger partial charge in [0.1, 0.15) is 0 Å². The van der Waals surface area contributed by atoms with Crippen LogP contribution < -0.4 is 16.0 Å². The SMILES string of the molecule is c1ccc(-c2ccc(-c3ccc4c(c3)c3cc(Nc5ccc6ccccc6c5)ccc3n4-c3ccccc3)cc2)cc1.c1ccc(-c2ccc(-c3ccc4c(c3)c3cc(Nc5cccc6ccccc56)ccc3n4-c3ccccc3)cc2)cc1.c1ccc(Nc2ccc3c(c2)c2cc(-c4ccc(-c5ccccc5)cc4)ccc2n3-c2ccccc2)cc1. The first-order chi connectivity index (χ1) is 60.4. The molecule has 3 aromatic heterocycles. The maximum absolute atomic E-state index is 3.71. The molecular weight excluding hydrogens is 1480 g/mol. The molecule has 0 spiro atoms. The van der Waals surface area contributed by atoms with Gasteiger partial charge in [-0.1, -0.05) is 322 Å². The average molecular weight is 1560 g/mol. The quantitative estimate of drug-likeness (QED) is 0.0959. The number of aromatic nitrogens is 3. The highest BCUT2D eigenvalue weighted by Crippen LogP contribution is 2.43. The summed E-state index contributed by atoms with van der Waals surface area (Å²) in [5, 5.41) is 23.3. The minimum atomic E-state index is 1.07. The summed E-state index contributed by atoms with van der Waals surface area (Å²) >= 11 is 0. The summed E-state index contributed by atoms with van der Waals surface area (Å²) in [5.74, 6) is 0. The lowest BCUT2D eigenvalue weighted by Crippen LogP contribution is -1.94. The van der Waals surface area contributed by atoms with Crippen molar-refractivity contribution in [3.63, 3.8) is 0 Å². The number of fused-ring (bicyclic) bond motifs is 11. The fourth-order valence-electron chi connectivity index (χ4n) is 17.5. The van der Waals surface area contributed by atoms with Crippen LogP contribution in [0.25, 0.3) is 171 Å². The van der Waals surface area contributed by atoms with Gasteiger partial charge in [0, 0.05) is 88.9 Å². The molecular formula is C116H82N6. The van der Waals surface area contributed by atoms with Crippen molar-refractivity contribution in [1.82, 2.24) is 13.7 Å². The molecule has 23 aromatic rings. The predicted octanol–water partition coefficient (Wildman–Crippen LogP) is 31.9. The lowest BCUT2D eigenvalue weighted by Gasteiger charge is -2.11. The molecule has 0 unspecified atom stereocenters. The third kappa shape index (κ3) is 14.7. The fraction of sp³-hybridized carbons (Fsp3) is 0. The van der Waals surface area contributed by atoms with Crippen molar-refractivity contribution in [2.45, 2.75) is 0 Å². The molecule has 0 aliphatic rings. The highest BCUT2D eigenvalue weighted by molar-refractivity contribution is 6.15. The molecule has 3 N–H and O–H groups in total. The number of para-hydroxylation sites is 4. The Morgan fingerprint density at radius 2 is 0.385 bits per heavy atom. The smallest absolute Gasteiger partial charge is 0.0542 e. The van der Waals surface area contributed by atoms with Gasteiger partial charge in [0.15, 0.2) is 0 Å². The number of hydrogen-bond acceptors (Lipinski definition) is 3. The lowest BCUT2D eigenvalue weighted by atomic mass is 9.99. The van der Waals surface area contributed by atoms with E-state index in [-0.39, 0.29) is 0 Å². The van der Waals surface area contributed by atoms with Gasteiger partial charge in [-0.25, -0.2) is 0 Å². The van der Waals surface area contributed by atoms with Crippen LogP contribution in [0, 0.1) is 0 Å². The highest BCUT2D eigenvalue weighted by Gasteiger charge is 2.20. The summed E-state index contributed by atoms with van der Waals surface area (Å²) in [6, 6.07) is 171. The molecule has 0 aliphatic carbocycles. The number of anilines is 6. The van der Waals surface area contributed by atoms with Crippen molar-refractivity contribution < 1.29 is 0 Å². The van der Waals surface area contributed by atoms with Gasteiger partial charge < -0.3 is 29.7 Å². The molecule has 122 heavy (non-hydrogen) atoms. The molecule has 20 aromatic carbocycles. The summed E-state index contributed by atoms with van der Waals surface area (Å²) in [4.78, 5) is 0. The highest BCUT2D eigenvalue weighted by atomic mass is 15.0. The van der Waals surface area contributed by atoms with Crippen LogP contribution in [0.4, 0.5) is 34.1 Å². The molecule has 0 aliphatic heterocycles. The van der Waals surface area contributed by atoms with Crippen molar-refractivity contribution in [3.05, 3.63) is 479 Å². The zero-order valence-electron chi connectivity index (χ0n) is 67.0. The molecule has 0 atom stereocenters. The minimum absolute atomic E-state index is 1.07. The van der Waals surface area contributed by atoms with Crippen LogP contribution >= 0.6 is 0 Å². The second-order valence-electron chi connectivity index (χ2n) is 31.1. The molecule has 3 heterocycles. The molecule has 6 heteroatoms. The Morgan fingerprint density at radius 1 is 0.131 bits per heavy atom. The van der Waals surface area contributed by atoms with Crippen molar-refractivity contribution in [1.29, 1.82) is 0 Å². The van der Waals surface area contributed by atoms with Crippen molar-refractivity contribution in [3.8, 4) is 83.8 Å². The standard InChI is InChI=1S/2C40H28N2.C36H26N2/c1-3-10-28(11-4-1)29-18-20-30(21-19-29)32-22-24-39-36(26-32)37-27-33(23-25-40(37)42(39)34-14-5-2-6-15-34)41-38-17-9-13-31-12-7-8-16-35(31)38;1-3-9-28(10-4-1)30-15-17-31(18-16-30)33-20-23-39-37(26-33)38-27-35(22-24-40(38)42(39)36-13-5-2-6-14-36)41-34-21-19-29-11-7-8-12-32(29)25-34;1-4-10-26(11-5-1)27-16-18-28(19-17-27)29-20-22-35-33(24-29)34-25-31(37-30-12-6-2-7-13-30)21-23-36(34)38(35)32-14-8-3-9-15-32/h2*1-27,41H;1-25,37H. The van der Waals surface area contributed by atoms with Crippen molar-refractivity contribution in [2.24, 2.45) is 0 Å². The molecule has 0 bridgehead atoms. The first-order valence-electron chi connectivity index (χ1n) is 41.7. The monoisotopic (exact) mass is 1560 g/mol. The molecule has 576 valence electrons. The summed E-state index contributed by atoms with van der Waals surface area (Å²) < 4.78 is 7.10. The van der Waals surface area contributed by atoms with Crippen LogP contribution in [-0.4, -0.2) is 13.7 Å². The van der Waals surface area contributed by atoms with E-state index in [9.17, 15) is 0 Å². The molecule has 0 saturated carbocycles. The van der Waals surface area contributed by atoms with Gasteiger partial charge in [-0.05, 0) is 241 Å². The van der Waals surface area contributed by atoms with Gasteiger partial charge in [-0.2, -0.15) is 0 Å². The largest absolute Gasteiger partial charge is 0.356 e. The molecule has 6 nitrogen and oxygen atoms in total. The number of hydrogen-bond donors (Lipinski definition) is 3. The third-order valence-electron chi connectivity index (χ3n) is 23.5. The van der Waals surface area contributed by atoms with Crippen LogP contribution in [0.15, 0.2) is 479 Å². The Balaban J connectivity index is 0.000000113. The normalized spacial score (nSPS) is 11.3. The summed E-state index contributed by atoms with van der Waals surface area (Å²) in [6.07, 6.45) is 0. The first-order valence-corrected chi connectivity index (χ1v) is 41.7. The zero-order chi connectivity index (χ0) is 81.1. The molecule has 0 saturated heterocycles. The van der Waals surface area contributed by atoms with E-state index in [1.54, 1.807) is 0 Å². The van der Waals surface area contributed by atoms with E-state index < -0.39 is 0 Å². The van der Waals surface area contributed by atoms with Gasteiger partial charge >= 0.3 is 0 Å². The second-order valence-corrected chi connectivity index (χ2v) is 31.1. The van der Waals surface area contributed by atoms with Gasteiger partial charge in [0.2, 0.25) is 0 Å². The van der Waals surface area contributed by atoms with Crippen molar-refractivity contribution in [2.75, 3.05) is 16.0 Å². The maximum Gasteiger partial charge on any atom is 0.0542 e. The van der Waals surface area contributed by atoms with Crippen LogP contribution in [0.1, 0.15) is 0 Å². The van der Waals surface area contributed by atoms with Crippen molar-refractivity contribution >= 4 is 121 Å². The van der Waals surface area contributed by atoms with Crippen LogP contribution in [0.3, 0.4) is 0 Å². The van der Waals surface area contributed by atoms with E-state index in [1.807, 2.05) is 6.07 Å². The Hall–Kier alpha value is -16.3. The van der Waals surface area contributed by atoms with Crippen LogP contribution in [0.5, 0.6) is 0 Å². The Morgan fingerprint density at radius 3 is 0.770 bits per heavy atom. The summed E-state index contributed by atoms with van der Waals surface area (Å²) in [7, 11) is 0. The zero-order valence-corrected chi connectivity index (χ0v) is 67.0. The molecule has 23 rings (SSSR count). The average Bonchev–Trinajstić information content (AvgIpc) is 1.60. The van der Waals surface area contributed by atoms with Crippen LogP contribution in [-0.2, 0) is 0 Å². The van der Waals surface area contributed by atoms with E-state index in [0.717, 1.165) is 51.2 Å². The number of rotatable bonds is 15. The predicted molar refractivity (Wildman–Crippen MR) is 519 cm³/mol. The Bertz CT molecular complexity index is 7690. The first kappa shape index (κ1) is 73.4. The Kier molecular flexibility index (Phi) is 19.6. The number of nitrogens with one attached hydrogen (secondary N) is 3. The molecule has 0 amide bonds. The van der Waals surface area contributed by atoms with E-state index in [2.05, 4.69) is 503 Å². The fourth-order valence-corrected chi connectivity index (χ4v) is 17.5. The van der Waals surface area contributed by atoms with Crippen LogP contribution in [0.2, 0.25) is 0 Å². The van der Waals surface area contributed by atoms with E-state index in [4.69, 9.17) is 0 Å². The second kappa shape index (κ2) is 32.7. The van der Waals surface area contributed by atoms with Gasteiger partial charge in [-0.3, -0.25) is 0 Å².